The molecule has 8 nitrogen and oxygen atoms in total. The van der Waals surface area contributed by atoms with E-state index in [1.54, 1.807) is 25.1 Å². The minimum Gasteiger partial charge on any atom is -0.447 e. The number of primary amides is 1. The van der Waals surface area contributed by atoms with Gasteiger partial charge in [0.15, 0.2) is 9.84 Å². The van der Waals surface area contributed by atoms with E-state index in [9.17, 15) is 31.2 Å². The van der Waals surface area contributed by atoms with E-state index in [2.05, 4.69) is 17.1 Å². The van der Waals surface area contributed by atoms with Crippen molar-refractivity contribution in [2.45, 2.75) is 75.7 Å². The predicted molar refractivity (Wildman–Crippen MR) is 151 cm³/mol. The molecule has 1 heterocycles. The third kappa shape index (κ3) is 7.44. The van der Waals surface area contributed by atoms with E-state index in [4.69, 9.17) is 10.5 Å². The van der Waals surface area contributed by atoms with Crippen LogP contribution >= 0.6 is 0 Å². The summed E-state index contributed by atoms with van der Waals surface area (Å²) in [7, 11) is -3.41. The number of hydrogen-bond acceptors (Lipinski definition) is 6. The smallest absolute Gasteiger partial charge is 0.404 e. The molecule has 1 aliphatic heterocycles. The average molecular weight is 610 g/mol. The first-order chi connectivity index (χ1) is 19.8. The van der Waals surface area contributed by atoms with E-state index in [0.29, 0.717) is 30.5 Å². The molecule has 4 rings (SSSR count). The topological polar surface area (TPSA) is 119 Å². The van der Waals surface area contributed by atoms with Crippen molar-refractivity contribution >= 4 is 21.8 Å². The van der Waals surface area contributed by atoms with Gasteiger partial charge in [0, 0.05) is 24.7 Å². The number of nitrogens with zero attached hydrogens (tertiary/aromatic N) is 1. The van der Waals surface area contributed by atoms with Crippen LogP contribution in [0, 0.1) is 11.8 Å². The minimum absolute atomic E-state index is 0.0505. The highest BCUT2D eigenvalue weighted by Gasteiger charge is 2.42. The lowest BCUT2D eigenvalue weighted by atomic mass is 9.81. The molecule has 0 spiro atoms. The van der Waals surface area contributed by atoms with Crippen molar-refractivity contribution in [2.24, 2.45) is 17.6 Å². The van der Waals surface area contributed by atoms with Crippen LogP contribution in [-0.2, 0) is 21.1 Å². The van der Waals surface area contributed by atoms with Gasteiger partial charge in [-0.1, -0.05) is 32.0 Å². The van der Waals surface area contributed by atoms with Crippen LogP contribution in [-0.4, -0.2) is 50.4 Å². The first kappa shape index (κ1) is 31.8. The summed E-state index contributed by atoms with van der Waals surface area (Å²) in [5, 5.41) is 2.86. The van der Waals surface area contributed by atoms with Crippen LogP contribution < -0.4 is 11.1 Å². The largest absolute Gasteiger partial charge is 0.447 e. The molecule has 2 aromatic rings. The molecule has 1 aliphatic carbocycles. The van der Waals surface area contributed by atoms with E-state index in [1.807, 2.05) is 12.1 Å². The fourth-order valence-electron chi connectivity index (χ4n) is 6.11. The van der Waals surface area contributed by atoms with Crippen LogP contribution in [0.25, 0.3) is 0 Å². The van der Waals surface area contributed by atoms with Crippen molar-refractivity contribution in [3.63, 3.8) is 0 Å². The summed E-state index contributed by atoms with van der Waals surface area (Å²) in [4.78, 5) is 27.1. The molecular weight excluding hydrogens is 571 g/mol. The molecule has 1 saturated carbocycles. The molecular formula is C30H38F3N3O5S. The van der Waals surface area contributed by atoms with Gasteiger partial charge in [-0.3, -0.25) is 9.69 Å². The lowest BCUT2D eigenvalue weighted by Gasteiger charge is -2.34. The first-order valence-corrected chi connectivity index (χ1v) is 16.0. The number of carbonyl (C=O) groups excluding carboxylic acids is 2. The van der Waals surface area contributed by atoms with E-state index in [-0.39, 0.29) is 42.1 Å². The highest BCUT2D eigenvalue weighted by Crippen LogP contribution is 2.42. The maximum atomic E-state index is 13.3. The van der Waals surface area contributed by atoms with Crippen molar-refractivity contribution in [3.8, 4) is 0 Å². The SMILES string of the molecule is CCC1c2ccc(C(=O)N[C@@H](COC(N)=O)c3ccc(S(=O)(=O)CC)cc3)cc2CN1CC1CCC(C(F)(F)F)CC1. The van der Waals surface area contributed by atoms with Gasteiger partial charge in [-0.25, -0.2) is 13.2 Å². The molecule has 0 aromatic heterocycles. The normalized spacial score (nSPS) is 21.9. The van der Waals surface area contributed by atoms with E-state index >= 15 is 0 Å². The number of rotatable bonds is 10. The fourth-order valence-corrected chi connectivity index (χ4v) is 7.00. The Bertz CT molecular complexity index is 1370. The summed E-state index contributed by atoms with van der Waals surface area (Å²) in [5.74, 6) is -1.45. The number of amides is 2. The number of sulfone groups is 1. The molecule has 3 N–H and O–H groups in total. The number of nitrogens with two attached hydrogens (primary N) is 1. The Morgan fingerprint density at radius 1 is 1.07 bits per heavy atom. The summed E-state index contributed by atoms with van der Waals surface area (Å²) >= 11 is 0. The Labute approximate surface area is 244 Å². The van der Waals surface area contributed by atoms with Gasteiger partial charge in [0.25, 0.3) is 5.91 Å². The Kier molecular flexibility index (Phi) is 9.87. The van der Waals surface area contributed by atoms with Crippen LogP contribution in [0.4, 0.5) is 18.0 Å². The minimum atomic E-state index is -4.12. The van der Waals surface area contributed by atoms with Crippen molar-refractivity contribution < 1.29 is 35.9 Å². The summed E-state index contributed by atoms with van der Waals surface area (Å²) in [5.41, 5.74) is 8.20. The van der Waals surface area contributed by atoms with Gasteiger partial charge in [-0.2, -0.15) is 13.2 Å². The maximum absolute atomic E-state index is 13.3. The third-order valence-corrected chi connectivity index (χ3v) is 10.2. The second kappa shape index (κ2) is 13.0. The van der Waals surface area contributed by atoms with Crippen LogP contribution in [0.5, 0.6) is 0 Å². The van der Waals surface area contributed by atoms with Gasteiger partial charge in [0.1, 0.15) is 6.61 Å². The Morgan fingerprint density at radius 3 is 2.31 bits per heavy atom. The number of fused-ring (bicyclic) bond motifs is 1. The van der Waals surface area contributed by atoms with Crippen molar-refractivity contribution in [2.75, 3.05) is 18.9 Å². The Balaban J connectivity index is 1.45. The molecule has 230 valence electrons. The van der Waals surface area contributed by atoms with Crippen LogP contribution in [0.15, 0.2) is 47.4 Å². The van der Waals surface area contributed by atoms with E-state index in [0.717, 1.165) is 24.1 Å². The van der Waals surface area contributed by atoms with E-state index in [1.165, 1.54) is 12.1 Å². The van der Waals surface area contributed by atoms with Crippen molar-refractivity contribution in [3.05, 3.63) is 64.7 Å². The summed E-state index contributed by atoms with van der Waals surface area (Å²) in [6.07, 6.45) is -2.83. The molecule has 42 heavy (non-hydrogen) atoms. The molecule has 0 radical (unpaired) electrons. The second-order valence-corrected chi connectivity index (χ2v) is 13.4. The number of ether oxygens (including phenoxy) is 1. The standard InChI is InChI=1S/C30H38F3N3O5S/c1-3-27-25-14-9-21(15-22(25)17-36(27)16-19-5-10-23(11-6-19)30(31,32)33)28(37)35-26(18-41-29(34)38)20-7-12-24(13-8-20)42(39,40)4-2/h7-9,12-15,19,23,26-27H,3-6,10-11,16-18H2,1-2H3,(H2,34,38)(H,35,37)/t19?,23?,26-,27?/m0/s1. The lowest BCUT2D eigenvalue weighted by molar-refractivity contribution is -0.184. The summed E-state index contributed by atoms with van der Waals surface area (Å²) in [6, 6.07) is 10.9. The zero-order valence-electron chi connectivity index (χ0n) is 23.8. The molecule has 0 bridgehead atoms. The molecule has 1 unspecified atom stereocenters. The highest BCUT2D eigenvalue weighted by molar-refractivity contribution is 7.91. The molecule has 2 atom stereocenters. The highest BCUT2D eigenvalue weighted by atomic mass is 32.2. The summed E-state index contributed by atoms with van der Waals surface area (Å²) < 4.78 is 68.6. The summed E-state index contributed by atoms with van der Waals surface area (Å²) in [6.45, 7) is 4.71. The zero-order chi connectivity index (χ0) is 30.7. The van der Waals surface area contributed by atoms with Crippen molar-refractivity contribution in [1.29, 1.82) is 0 Å². The quantitative estimate of drug-likeness (QED) is 0.358. The molecule has 2 aromatic carbocycles. The van der Waals surface area contributed by atoms with Gasteiger partial charge in [-0.05, 0) is 79.0 Å². The fraction of sp³-hybridized carbons (Fsp3) is 0.533. The molecule has 12 heteroatoms. The second-order valence-electron chi connectivity index (χ2n) is 11.2. The molecule has 0 saturated heterocycles. The first-order valence-electron chi connectivity index (χ1n) is 14.3. The Hall–Kier alpha value is -3.12. The maximum Gasteiger partial charge on any atom is 0.404 e. The molecule has 1 fully saturated rings. The number of carbonyl (C=O) groups is 2. The third-order valence-electron chi connectivity index (χ3n) is 8.49. The number of benzene rings is 2. The van der Waals surface area contributed by atoms with E-state index < -0.39 is 40.0 Å². The monoisotopic (exact) mass is 609 g/mol. The number of hydrogen-bond donors (Lipinski definition) is 2. The molecule has 2 amide bonds. The zero-order valence-corrected chi connectivity index (χ0v) is 24.6. The Morgan fingerprint density at radius 2 is 1.74 bits per heavy atom. The average Bonchev–Trinajstić information content (AvgIpc) is 3.30. The molecule has 2 aliphatic rings. The van der Waals surface area contributed by atoms with Crippen LogP contribution in [0.3, 0.4) is 0 Å². The van der Waals surface area contributed by atoms with Gasteiger partial charge in [0.2, 0.25) is 0 Å². The number of alkyl halides is 3. The van der Waals surface area contributed by atoms with Crippen LogP contribution in [0.1, 0.15) is 85.1 Å². The van der Waals surface area contributed by atoms with Gasteiger partial charge < -0.3 is 15.8 Å². The van der Waals surface area contributed by atoms with Gasteiger partial charge >= 0.3 is 12.3 Å². The van der Waals surface area contributed by atoms with Gasteiger partial charge in [0.05, 0.1) is 22.6 Å². The van der Waals surface area contributed by atoms with Crippen LogP contribution in [0.2, 0.25) is 0 Å². The lowest BCUT2D eigenvalue weighted by Crippen LogP contribution is -2.33. The number of nitrogens with one attached hydrogen (secondary N) is 1. The number of halogens is 3. The van der Waals surface area contributed by atoms with Crippen molar-refractivity contribution in [1.82, 2.24) is 10.2 Å². The predicted octanol–water partition coefficient (Wildman–Crippen LogP) is 5.68. The van der Waals surface area contributed by atoms with Gasteiger partial charge in [-0.15, -0.1) is 0 Å².